The molecule has 0 unspecified atom stereocenters. The predicted molar refractivity (Wildman–Crippen MR) is 57.3 cm³/mol. The molecule has 1 heterocycles. The Balaban J connectivity index is 1.87. The Hall–Kier alpha value is -1.81. The Morgan fingerprint density at radius 1 is 1.19 bits per heavy atom. The Labute approximate surface area is 92.5 Å². The molecular formula is C12H12FNO2. The van der Waals surface area contributed by atoms with Crippen molar-refractivity contribution < 1.29 is 13.9 Å². The normalized spacial score (nSPS) is 10.6. The summed E-state index contributed by atoms with van der Waals surface area (Å²) in [6.45, 7) is 1.21. The molecule has 2 aromatic rings. The molecule has 0 aliphatic heterocycles. The second kappa shape index (κ2) is 4.81. The van der Waals surface area contributed by atoms with E-state index in [9.17, 15) is 4.39 Å². The fourth-order valence-electron chi connectivity index (χ4n) is 1.40. The van der Waals surface area contributed by atoms with Crippen LogP contribution < -0.4 is 5.32 Å². The van der Waals surface area contributed by atoms with Crippen LogP contribution >= 0.6 is 0 Å². The van der Waals surface area contributed by atoms with Crippen LogP contribution in [0.3, 0.4) is 0 Å². The summed E-state index contributed by atoms with van der Waals surface area (Å²) >= 11 is 0. The molecule has 0 spiro atoms. The van der Waals surface area contributed by atoms with E-state index >= 15 is 0 Å². The van der Waals surface area contributed by atoms with E-state index in [2.05, 4.69) is 5.32 Å². The van der Waals surface area contributed by atoms with Gasteiger partial charge in [0.15, 0.2) is 11.6 Å². The first-order valence-corrected chi connectivity index (χ1v) is 4.95. The molecule has 0 bridgehead atoms. The number of furan rings is 1. The first kappa shape index (κ1) is 10.7. The maximum absolute atomic E-state index is 13.0. The minimum absolute atomic E-state index is 0.321. The summed E-state index contributed by atoms with van der Waals surface area (Å²) in [5.41, 5.74) is 1.83. The first-order valence-electron chi connectivity index (χ1n) is 4.95. The summed E-state index contributed by atoms with van der Waals surface area (Å²) in [7, 11) is 0. The van der Waals surface area contributed by atoms with Gasteiger partial charge in [-0.3, -0.25) is 0 Å². The lowest BCUT2D eigenvalue weighted by molar-refractivity contribution is 0.431. The Morgan fingerprint density at radius 2 is 2.00 bits per heavy atom. The van der Waals surface area contributed by atoms with Crippen molar-refractivity contribution in [1.82, 2.24) is 5.32 Å². The maximum Gasteiger partial charge on any atom is 0.165 e. The molecule has 0 saturated heterocycles. The largest absolute Gasteiger partial charge is 0.505 e. The number of benzene rings is 1. The highest BCUT2D eigenvalue weighted by Gasteiger charge is 2.01. The van der Waals surface area contributed by atoms with Crippen LogP contribution in [0.2, 0.25) is 0 Å². The van der Waals surface area contributed by atoms with Crippen molar-refractivity contribution in [3.05, 3.63) is 53.7 Å². The third-order valence-corrected chi connectivity index (χ3v) is 2.25. The van der Waals surface area contributed by atoms with Gasteiger partial charge in [0.2, 0.25) is 0 Å². The van der Waals surface area contributed by atoms with Crippen molar-refractivity contribution in [2.45, 2.75) is 13.1 Å². The van der Waals surface area contributed by atoms with Crippen LogP contribution in [0.1, 0.15) is 11.1 Å². The molecule has 84 valence electrons. The van der Waals surface area contributed by atoms with Gasteiger partial charge >= 0.3 is 0 Å². The maximum atomic E-state index is 13.0. The number of rotatable bonds is 4. The quantitative estimate of drug-likeness (QED) is 0.833. The van der Waals surface area contributed by atoms with E-state index in [4.69, 9.17) is 9.52 Å². The summed E-state index contributed by atoms with van der Waals surface area (Å²) in [4.78, 5) is 0. The Morgan fingerprint density at radius 3 is 2.69 bits per heavy atom. The van der Waals surface area contributed by atoms with Crippen LogP contribution in [0.25, 0.3) is 0 Å². The van der Waals surface area contributed by atoms with Crippen LogP contribution in [-0.4, -0.2) is 5.11 Å². The van der Waals surface area contributed by atoms with Crippen molar-refractivity contribution in [1.29, 1.82) is 0 Å². The zero-order chi connectivity index (χ0) is 11.4. The molecule has 0 atom stereocenters. The van der Waals surface area contributed by atoms with Gasteiger partial charge in [0.05, 0.1) is 12.5 Å². The molecule has 2 N–H and O–H groups in total. The molecule has 0 amide bonds. The summed E-state index contributed by atoms with van der Waals surface area (Å²) < 4.78 is 17.9. The minimum atomic E-state index is -0.595. The molecule has 1 aromatic heterocycles. The average Bonchev–Trinajstić information content (AvgIpc) is 2.76. The monoisotopic (exact) mass is 221 g/mol. The van der Waals surface area contributed by atoms with Gasteiger partial charge in [0.1, 0.15) is 0 Å². The summed E-state index contributed by atoms with van der Waals surface area (Å²) in [5, 5.41) is 12.2. The van der Waals surface area contributed by atoms with Crippen LogP contribution in [-0.2, 0) is 13.1 Å². The van der Waals surface area contributed by atoms with Crippen molar-refractivity contribution in [3.8, 4) is 5.75 Å². The van der Waals surface area contributed by atoms with Crippen LogP contribution in [0.4, 0.5) is 4.39 Å². The lowest BCUT2D eigenvalue weighted by Gasteiger charge is -2.04. The molecule has 0 aliphatic rings. The van der Waals surface area contributed by atoms with Crippen molar-refractivity contribution in [3.63, 3.8) is 0 Å². The standard InChI is InChI=1S/C12H12FNO2/c13-11-5-9(1-2-12(11)15)6-14-7-10-3-4-16-8-10/h1-5,8,14-15H,6-7H2. The zero-order valence-electron chi connectivity index (χ0n) is 8.61. The molecule has 0 radical (unpaired) electrons. The highest BCUT2D eigenvalue weighted by Crippen LogP contribution is 2.15. The van der Waals surface area contributed by atoms with E-state index in [1.807, 2.05) is 6.07 Å². The van der Waals surface area contributed by atoms with E-state index < -0.39 is 5.82 Å². The van der Waals surface area contributed by atoms with Gasteiger partial charge in [-0.25, -0.2) is 4.39 Å². The number of phenolic OH excluding ortho intramolecular Hbond substituents is 1. The van der Waals surface area contributed by atoms with Gasteiger partial charge in [-0.2, -0.15) is 0 Å². The third-order valence-electron chi connectivity index (χ3n) is 2.25. The molecule has 1 aromatic carbocycles. The van der Waals surface area contributed by atoms with E-state index in [-0.39, 0.29) is 5.75 Å². The minimum Gasteiger partial charge on any atom is -0.505 e. The average molecular weight is 221 g/mol. The van der Waals surface area contributed by atoms with E-state index in [0.29, 0.717) is 13.1 Å². The molecular weight excluding hydrogens is 209 g/mol. The second-order valence-corrected chi connectivity index (χ2v) is 3.52. The predicted octanol–water partition coefficient (Wildman–Crippen LogP) is 2.41. The fourth-order valence-corrected chi connectivity index (χ4v) is 1.40. The topological polar surface area (TPSA) is 45.4 Å². The highest BCUT2D eigenvalue weighted by molar-refractivity contribution is 5.27. The SMILES string of the molecule is Oc1ccc(CNCc2ccoc2)cc1F. The smallest absolute Gasteiger partial charge is 0.165 e. The Kier molecular flexibility index (Phi) is 3.22. The number of halogens is 1. The summed E-state index contributed by atoms with van der Waals surface area (Å²) in [5.74, 6) is -0.916. The van der Waals surface area contributed by atoms with Crippen molar-refractivity contribution in [2.24, 2.45) is 0 Å². The fraction of sp³-hybridized carbons (Fsp3) is 0.167. The molecule has 16 heavy (non-hydrogen) atoms. The zero-order valence-corrected chi connectivity index (χ0v) is 8.61. The van der Waals surface area contributed by atoms with Crippen LogP contribution in [0.5, 0.6) is 5.75 Å². The van der Waals surface area contributed by atoms with Gasteiger partial charge in [-0.1, -0.05) is 6.07 Å². The number of hydrogen-bond donors (Lipinski definition) is 2. The van der Waals surface area contributed by atoms with E-state index in [1.165, 1.54) is 12.1 Å². The molecule has 0 aliphatic carbocycles. The van der Waals surface area contributed by atoms with Gasteiger partial charge in [0, 0.05) is 18.7 Å². The third kappa shape index (κ3) is 2.61. The lowest BCUT2D eigenvalue weighted by atomic mass is 10.2. The van der Waals surface area contributed by atoms with E-state index in [1.54, 1.807) is 18.6 Å². The van der Waals surface area contributed by atoms with E-state index in [0.717, 1.165) is 11.1 Å². The summed E-state index contributed by atoms with van der Waals surface area (Å²) in [6, 6.07) is 6.22. The van der Waals surface area contributed by atoms with Crippen molar-refractivity contribution >= 4 is 0 Å². The number of nitrogens with one attached hydrogen (secondary N) is 1. The van der Waals surface area contributed by atoms with Gasteiger partial charge in [-0.05, 0) is 23.8 Å². The summed E-state index contributed by atoms with van der Waals surface area (Å²) in [6.07, 6.45) is 3.27. The molecule has 0 saturated carbocycles. The first-order chi connectivity index (χ1) is 7.75. The molecule has 3 nitrogen and oxygen atoms in total. The van der Waals surface area contributed by atoms with Gasteiger partial charge in [0.25, 0.3) is 0 Å². The Bertz CT molecular complexity index is 454. The molecule has 4 heteroatoms. The van der Waals surface area contributed by atoms with Gasteiger partial charge < -0.3 is 14.8 Å². The lowest BCUT2D eigenvalue weighted by Crippen LogP contribution is -2.12. The van der Waals surface area contributed by atoms with Crippen molar-refractivity contribution in [2.75, 3.05) is 0 Å². The molecule has 0 fully saturated rings. The van der Waals surface area contributed by atoms with Crippen LogP contribution in [0.15, 0.2) is 41.2 Å². The second-order valence-electron chi connectivity index (χ2n) is 3.52. The van der Waals surface area contributed by atoms with Crippen LogP contribution in [0, 0.1) is 5.82 Å². The number of phenols is 1. The number of hydrogen-bond acceptors (Lipinski definition) is 3. The van der Waals surface area contributed by atoms with Gasteiger partial charge in [-0.15, -0.1) is 0 Å². The highest BCUT2D eigenvalue weighted by atomic mass is 19.1. The molecule has 2 rings (SSSR count). The number of aromatic hydroxyl groups is 1.